The highest BCUT2D eigenvalue weighted by molar-refractivity contribution is 5.90. The number of aliphatic hydroxyl groups is 1. The van der Waals surface area contributed by atoms with E-state index in [2.05, 4.69) is 10.6 Å². The third-order valence-electron chi connectivity index (χ3n) is 6.08. The summed E-state index contributed by atoms with van der Waals surface area (Å²) in [5.74, 6) is -2.31. The van der Waals surface area contributed by atoms with Gasteiger partial charge in [0.25, 0.3) is 0 Å². The fourth-order valence-electron chi connectivity index (χ4n) is 4.26. The molecule has 0 saturated carbocycles. The second-order valence-electron chi connectivity index (χ2n) is 8.40. The summed E-state index contributed by atoms with van der Waals surface area (Å²) in [5.41, 5.74) is 5.70. The molecule has 2 atom stereocenters. The lowest BCUT2D eigenvalue weighted by molar-refractivity contribution is -0.143. The topological polar surface area (TPSA) is 125 Å². The molecule has 35 heavy (non-hydrogen) atoms. The predicted molar refractivity (Wildman–Crippen MR) is 129 cm³/mol. The molecule has 0 heterocycles. The number of carboxylic acid groups (broad SMARTS) is 1. The third-order valence-corrected chi connectivity index (χ3v) is 6.08. The van der Waals surface area contributed by atoms with Crippen molar-refractivity contribution in [1.82, 2.24) is 10.6 Å². The molecular weight excluding hydrogens is 448 g/mol. The number of carbonyl (C=O) groups excluding carboxylic acids is 2. The maximum absolute atomic E-state index is 12.9. The lowest BCUT2D eigenvalue weighted by Crippen LogP contribution is -2.49. The zero-order valence-corrected chi connectivity index (χ0v) is 19.1. The highest BCUT2D eigenvalue weighted by Crippen LogP contribution is 2.44. The number of benzene rings is 3. The maximum atomic E-state index is 12.9. The van der Waals surface area contributed by atoms with Crippen molar-refractivity contribution in [3.63, 3.8) is 0 Å². The molecule has 0 bridgehead atoms. The molecule has 3 aromatic rings. The summed E-state index contributed by atoms with van der Waals surface area (Å²) in [7, 11) is 0. The van der Waals surface area contributed by atoms with E-state index < -0.39 is 36.7 Å². The lowest BCUT2D eigenvalue weighted by Gasteiger charge is -2.22. The first-order valence-corrected chi connectivity index (χ1v) is 11.2. The Labute approximate surface area is 202 Å². The first-order valence-electron chi connectivity index (χ1n) is 11.2. The molecule has 3 aromatic carbocycles. The minimum absolute atomic E-state index is 0.0660. The van der Waals surface area contributed by atoms with Crippen molar-refractivity contribution in [2.24, 2.45) is 0 Å². The minimum Gasteiger partial charge on any atom is -0.480 e. The smallest absolute Gasteiger partial charge is 0.408 e. The van der Waals surface area contributed by atoms with Crippen LogP contribution in [0.3, 0.4) is 0 Å². The molecule has 0 fully saturated rings. The van der Waals surface area contributed by atoms with Crippen LogP contribution in [-0.2, 0) is 14.3 Å². The van der Waals surface area contributed by atoms with E-state index >= 15 is 0 Å². The van der Waals surface area contributed by atoms with E-state index in [0.717, 1.165) is 27.8 Å². The molecule has 2 amide bonds. The number of rotatable bonds is 8. The van der Waals surface area contributed by atoms with Crippen LogP contribution in [0.5, 0.6) is 0 Å². The van der Waals surface area contributed by atoms with E-state index in [4.69, 9.17) is 4.74 Å². The van der Waals surface area contributed by atoms with Gasteiger partial charge in [-0.3, -0.25) is 4.79 Å². The van der Waals surface area contributed by atoms with Gasteiger partial charge in [0.2, 0.25) is 5.91 Å². The van der Waals surface area contributed by atoms with Gasteiger partial charge in [0.05, 0.1) is 6.61 Å². The van der Waals surface area contributed by atoms with Gasteiger partial charge in [-0.05, 0) is 34.7 Å². The summed E-state index contributed by atoms with van der Waals surface area (Å²) in [6.07, 6.45) is -0.816. The fourth-order valence-corrected chi connectivity index (χ4v) is 4.26. The Kier molecular flexibility index (Phi) is 7.12. The van der Waals surface area contributed by atoms with Crippen molar-refractivity contribution in [2.75, 3.05) is 13.2 Å². The Balaban J connectivity index is 1.50. The zero-order valence-electron chi connectivity index (χ0n) is 19.1. The number of nitrogens with one attached hydrogen (secondary N) is 2. The molecule has 1 aliphatic carbocycles. The van der Waals surface area contributed by atoms with E-state index in [0.29, 0.717) is 5.56 Å². The third kappa shape index (κ3) is 5.17. The SMILES string of the molecule is Cc1ccc(C(NC(=O)OCC2c3ccccc3-c3ccccc32)C(=O)NC(CO)C(=O)O)cc1. The molecule has 8 nitrogen and oxygen atoms in total. The number of carboxylic acids is 1. The first-order chi connectivity index (χ1) is 16.9. The number of aliphatic hydroxyl groups excluding tert-OH is 1. The quantitative estimate of drug-likeness (QED) is 0.398. The van der Waals surface area contributed by atoms with E-state index in [1.807, 2.05) is 55.5 Å². The number of carbonyl (C=O) groups is 3. The predicted octanol–water partition coefficient (Wildman–Crippen LogP) is 3.14. The number of ether oxygens (including phenoxy) is 1. The normalized spacial score (nSPS) is 13.8. The molecular formula is C27H26N2O6. The monoisotopic (exact) mass is 474 g/mol. The van der Waals surface area contributed by atoms with E-state index in [9.17, 15) is 24.6 Å². The van der Waals surface area contributed by atoms with Crippen LogP contribution in [0.4, 0.5) is 4.79 Å². The van der Waals surface area contributed by atoms with Gasteiger partial charge >= 0.3 is 12.1 Å². The van der Waals surface area contributed by atoms with Crippen LogP contribution >= 0.6 is 0 Å². The molecule has 8 heteroatoms. The average Bonchev–Trinajstić information content (AvgIpc) is 3.18. The molecule has 180 valence electrons. The van der Waals surface area contributed by atoms with E-state index in [1.54, 1.807) is 24.3 Å². The summed E-state index contributed by atoms with van der Waals surface area (Å²) in [6.45, 7) is 1.16. The second-order valence-corrected chi connectivity index (χ2v) is 8.40. The molecule has 0 spiro atoms. The number of aryl methyl sites for hydroxylation is 1. The van der Waals surface area contributed by atoms with Crippen LogP contribution in [0.15, 0.2) is 72.8 Å². The molecule has 0 aliphatic heterocycles. The van der Waals surface area contributed by atoms with Gasteiger partial charge in [0.15, 0.2) is 0 Å². The van der Waals surface area contributed by atoms with Crippen LogP contribution in [0.2, 0.25) is 0 Å². The highest BCUT2D eigenvalue weighted by atomic mass is 16.5. The van der Waals surface area contributed by atoms with Gasteiger partial charge < -0.3 is 25.6 Å². The summed E-state index contributed by atoms with van der Waals surface area (Å²) in [6, 6.07) is 20.1. The number of hydrogen-bond donors (Lipinski definition) is 4. The Hall–Kier alpha value is -4.17. The van der Waals surface area contributed by atoms with Crippen LogP contribution in [-0.4, -0.2) is 47.4 Å². The Bertz CT molecular complexity index is 1190. The van der Waals surface area contributed by atoms with Crippen LogP contribution in [0.25, 0.3) is 11.1 Å². The van der Waals surface area contributed by atoms with Gasteiger partial charge in [-0.25, -0.2) is 9.59 Å². The molecule has 0 aromatic heterocycles. The molecule has 4 rings (SSSR count). The molecule has 4 N–H and O–H groups in total. The number of fused-ring (bicyclic) bond motifs is 3. The zero-order chi connectivity index (χ0) is 24.9. The van der Waals surface area contributed by atoms with Gasteiger partial charge in [-0.15, -0.1) is 0 Å². The van der Waals surface area contributed by atoms with Crippen molar-refractivity contribution < 1.29 is 29.3 Å². The first kappa shape index (κ1) is 24.0. The van der Waals surface area contributed by atoms with Gasteiger partial charge in [0.1, 0.15) is 18.7 Å². The van der Waals surface area contributed by atoms with Gasteiger partial charge in [-0.1, -0.05) is 78.4 Å². The standard InChI is InChI=1S/C27H26N2O6/c1-16-10-12-17(13-11-16)24(25(31)28-23(14-30)26(32)33)29-27(34)35-15-22-20-8-4-2-6-18(20)19-7-3-5-9-21(19)22/h2-13,22-24,30H,14-15H2,1H3,(H,28,31)(H,29,34)(H,32,33). The van der Waals surface area contributed by atoms with E-state index in [1.165, 1.54) is 0 Å². The summed E-state index contributed by atoms with van der Waals surface area (Å²) >= 11 is 0. The highest BCUT2D eigenvalue weighted by Gasteiger charge is 2.31. The summed E-state index contributed by atoms with van der Waals surface area (Å²) in [5, 5.41) is 23.2. The summed E-state index contributed by atoms with van der Waals surface area (Å²) < 4.78 is 5.55. The molecule has 2 unspecified atom stereocenters. The number of aliphatic carboxylic acids is 1. The van der Waals surface area contributed by atoms with Crippen molar-refractivity contribution in [3.05, 3.63) is 95.1 Å². The Morgan fingerprint density at radius 1 is 0.886 bits per heavy atom. The second kappa shape index (κ2) is 10.4. The van der Waals surface area contributed by atoms with Gasteiger partial charge in [-0.2, -0.15) is 0 Å². The molecule has 0 saturated heterocycles. The number of amides is 2. The molecule has 0 radical (unpaired) electrons. The lowest BCUT2D eigenvalue weighted by atomic mass is 9.98. The van der Waals surface area contributed by atoms with Gasteiger partial charge in [0, 0.05) is 5.92 Å². The average molecular weight is 475 g/mol. The van der Waals surface area contributed by atoms with Crippen molar-refractivity contribution >= 4 is 18.0 Å². The summed E-state index contributed by atoms with van der Waals surface area (Å²) in [4.78, 5) is 36.9. The van der Waals surface area contributed by atoms with Crippen LogP contribution < -0.4 is 10.6 Å². The molecule has 1 aliphatic rings. The maximum Gasteiger partial charge on any atom is 0.408 e. The minimum atomic E-state index is -1.50. The van der Waals surface area contributed by atoms with Crippen molar-refractivity contribution in [1.29, 1.82) is 0 Å². The van der Waals surface area contributed by atoms with E-state index in [-0.39, 0.29) is 12.5 Å². The fraction of sp³-hybridized carbons (Fsp3) is 0.222. The largest absolute Gasteiger partial charge is 0.480 e. The Morgan fingerprint density at radius 2 is 1.46 bits per heavy atom. The van der Waals surface area contributed by atoms with Crippen molar-refractivity contribution in [3.8, 4) is 11.1 Å². The number of hydrogen-bond acceptors (Lipinski definition) is 5. The Morgan fingerprint density at radius 3 is 2.00 bits per heavy atom. The number of alkyl carbamates (subject to hydrolysis) is 1. The van der Waals surface area contributed by atoms with Crippen LogP contribution in [0, 0.1) is 6.92 Å². The van der Waals surface area contributed by atoms with Crippen molar-refractivity contribution in [2.45, 2.75) is 24.9 Å². The van der Waals surface area contributed by atoms with Crippen LogP contribution in [0.1, 0.15) is 34.2 Å².